The minimum absolute atomic E-state index is 0.188. The largest absolute Gasteiger partial charge is 0.496 e. The first-order valence-electron chi connectivity index (χ1n) is 10.9. The van der Waals surface area contributed by atoms with Gasteiger partial charge in [-0.1, -0.05) is 66.7 Å². The van der Waals surface area contributed by atoms with Crippen molar-refractivity contribution in [3.8, 4) is 11.5 Å². The van der Waals surface area contributed by atoms with Gasteiger partial charge in [-0.3, -0.25) is 4.79 Å². The Bertz CT molecular complexity index is 1240. The SMILES string of the molecule is COc1ccccc1CNc1nc(NCc2ccccc2OC)n(C(=O)Cc2ccccc2)n1. The van der Waals surface area contributed by atoms with Crippen molar-refractivity contribution in [1.29, 1.82) is 0 Å². The first-order chi connectivity index (χ1) is 16.7. The molecule has 3 aromatic carbocycles. The summed E-state index contributed by atoms with van der Waals surface area (Å²) in [5.41, 5.74) is 2.81. The van der Waals surface area contributed by atoms with Crippen LogP contribution in [0.5, 0.6) is 11.5 Å². The van der Waals surface area contributed by atoms with E-state index in [9.17, 15) is 4.79 Å². The molecule has 0 aliphatic heterocycles. The minimum Gasteiger partial charge on any atom is -0.496 e. The summed E-state index contributed by atoms with van der Waals surface area (Å²) >= 11 is 0. The van der Waals surface area contributed by atoms with Crippen LogP contribution in [0.1, 0.15) is 21.5 Å². The van der Waals surface area contributed by atoms with Crippen LogP contribution in [0.2, 0.25) is 0 Å². The molecule has 0 unspecified atom stereocenters. The Balaban J connectivity index is 1.55. The molecule has 174 valence electrons. The molecule has 0 radical (unpaired) electrons. The highest BCUT2D eigenvalue weighted by molar-refractivity contribution is 5.83. The van der Waals surface area contributed by atoms with E-state index < -0.39 is 0 Å². The number of nitrogens with one attached hydrogen (secondary N) is 2. The molecule has 8 nitrogen and oxygen atoms in total. The van der Waals surface area contributed by atoms with Gasteiger partial charge in [-0.05, 0) is 17.7 Å². The molecule has 0 spiro atoms. The van der Waals surface area contributed by atoms with Crippen LogP contribution in [0.3, 0.4) is 0 Å². The topological polar surface area (TPSA) is 90.3 Å². The fraction of sp³-hybridized carbons (Fsp3) is 0.192. The number of para-hydroxylation sites is 2. The van der Waals surface area contributed by atoms with Gasteiger partial charge in [-0.25, -0.2) is 0 Å². The van der Waals surface area contributed by atoms with Gasteiger partial charge >= 0.3 is 0 Å². The minimum atomic E-state index is -0.188. The van der Waals surface area contributed by atoms with Gasteiger partial charge in [-0.2, -0.15) is 9.67 Å². The molecule has 34 heavy (non-hydrogen) atoms. The van der Waals surface area contributed by atoms with E-state index in [-0.39, 0.29) is 12.3 Å². The van der Waals surface area contributed by atoms with Gasteiger partial charge < -0.3 is 20.1 Å². The van der Waals surface area contributed by atoms with Crippen LogP contribution >= 0.6 is 0 Å². The van der Waals surface area contributed by atoms with Gasteiger partial charge in [0, 0.05) is 24.2 Å². The van der Waals surface area contributed by atoms with Crippen LogP contribution in [0.4, 0.5) is 11.9 Å². The highest BCUT2D eigenvalue weighted by Crippen LogP contribution is 2.21. The molecular weight excluding hydrogens is 430 g/mol. The summed E-state index contributed by atoms with van der Waals surface area (Å²) in [4.78, 5) is 17.6. The maximum absolute atomic E-state index is 13.1. The van der Waals surface area contributed by atoms with Crippen molar-refractivity contribution in [3.05, 3.63) is 95.6 Å². The summed E-state index contributed by atoms with van der Waals surface area (Å²) in [6.45, 7) is 0.875. The zero-order chi connectivity index (χ0) is 23.8. The molecule has 0 fully saturated rings. The molecule has 0 aliphatic carbocycles. The Hall–Kier alpha value is -4.33. The lowest BCUT2D eigenvalue weighted by molar-refractivity contribution is 0.0901. The third kappa shape index (κ3) is 5.53. The molecular formula is C26H27N5O3. The number of nitrogens with zero attached hydrogens (tertiary/aromatic N) is 3. The Morgan fingerprint density at radius 2 is 1.35 bits per heavy atom. The summed E-state index contributed by atoms with van der Waals surface area (Å²) in [7, 11) is 3.26. The smallest absolute Gasteiger partial charge is 0.254 e. The predicted octanol–water partition coefficient (Wildman–Crippen LogP) is 4.40. The van der Waals surface area contributed by atoms with E-state index in [1.807, 2.05) is 78.9 Å². The van der Waals surface area contributed by atoms with E-state index >= 15 is 0 Å². The molecule has 0 aliphatic rings. The van der Waals surface area contributed by atoms with Gasteiger partial charge in [0.25, 0.3) is 5.91 Å². The lowest BCUT2D eigenvalue weighted by Gasteiger charge is -2.10. The van der Waals surface area contributed by atoms with Crippen LogP contribution in [-0.4, -0.2) is 34.9 Å². The van der Waals surface area contributed by atoms with Crippen LogP contribution in [-0.2, 0) is 19.5 Å². The lowest BCUT2D eigenvalue weighted by atomic mass is 10.1. The van der Waals surface area contributed by atoms with Crippen molar-refractivity contribution in [2.24, 2.45) is 0 Å². The number of benzene rings is 3. The van der Waals surface area contributed by atoms with E-state index in [1.165, 1.54) is 4.68 Å². The van der Waals surface area contributed by atoms with Crippen molar-refractivity contribution in [2.75, 3.05) is 24.9 Å². The fourth-order valence-electron chi connectivity index (χ4n) is 3.57. The van der Waals surface area contributed by atoms with Crippen LogP contribution in [0, 0.1) is 0 Å². The molecule has 0 saturated carbocycles. The van der Waals surface area contributed by atoms with Crippen LogP contribution in [0.25, 0.3) is 0 Å². The predicted molar refractivity (Wildman–Crippen MR) is 131 cm³/mol. The van der Waals surface area contributed by atoms with Gasteiger partial charge in [0.1, 0.15) is 11.5 Å². The van der Waals surface area contributed by atoms with Crippen molar-refractivity contribution >= 4 is 17.8 Å². The Labute approximate surface area is 198 Å². The molecule has 1 heterocycles. The number of carbonyl (C=O) groups excluding carboxylic acids is 1. The quantitative estimate of drug-likeness (QED) is 0.365. The fourth-order valence-corrected chi connectivity index (χ4v) is 3.57. The number of ether oxygens (including phenoxy) is 2. The van der Waals surface area contributed by atoms with Crippen molar-refractivity contribution in [1.82, 2.24) is 14.8 Å². The second-order valence-corrected chi connectivity index (χ2v) is 7.56. The molecule has 0 atom stereocenters. The number of aromatic nitrogens is 3. The van der Waals surface area contributed by atoms with E-state index in [2.05, 4.69) is 20.7 Å². The third-order valence-electron chi connectivity index (χ3n) is 5.30. The first kappa shape index (κ1) is 22.8. The highest BCUT2D eigenvalue weighted by Gasteiger charge is 2.17. The standard InChI is InChI=1S/C26H27N5O3/c1-33-22-14-8-6-12-20(22)17-27-25-29-26(28-18-21-13-7-9-15-23(21)34-2)31(30-25)24(32)16-19-10-4-3-5-11-19/h3-15H,16-18H2,1-2H3,(H2,27,28,29,30). The first-order valence-corrected chi connectivity index (χ1v) is 10.9. The van der Waals surface area contributed by atoms with Gasteiger partial charge in [0.15, 0.2) is 0 Å². The molecule has 1 aromatic heterocycles. The number of hydrogen-bond donors (Lipinski definition) is 2. The highest BCUT2D eigenvalue weighted by atomic mass is 16.5. The molecule has 8 heteroatoms. The summed E-state index contributed by atoms with van der Waals surface area (Å²) in [5, 5.41) is 10.9. The van der Waals surface area contributed by atoms with E-state index in [0.29, 0.717) is 25.0 Å². The summed E-state index contributed by atoms with van der Waals surface area (Å²) in [5.74, 6) is 2.03. The van der Waals surface area contributed by atoms with Crippen molar-refractivity contribution in [3.63, 3.8) is 0 Å². The number of hydrogen-bond acceptors (Lipinski definition) is 7. The van der Waals surface area contributed by atoms with Crippen LogP contribution in [0.15, 0.2) is 78.9 Å². The summed E-state index contributed by atoms with van der Waals surface area (Å²) < 4.78 is 12.2. The number of methoxy groups -OCH3 is 2. The number of anilines is 2. The Morgan fingerprint density at radius 1 is 0.794 bits per heavy atom. The second-order valence-electron chi connectivity index (χ2n) is 7.56. The zero-order valence-corrected chi connectivity index (χ0v) is 19.2. The number of carbonyl (C=O) groups is 1. The van der Waals surface area contributed by atoms with Crippen molar-refractivity contribution in [2.45, 2.75) is 19.5 Å². The van der Waals surface area contributed by atoms with Crippen molar-refractivity contribution < 1.29 is 14.3 Å². The summed E-state index contributed by atoms with van der Waals surface area (Å²) in [6, 6.07) is 25.0. The monoisotopic (exact) mass is 457 g/mol. The van der Waals surface area contributed by atoms with E-state index in [1.54, 1.807) is 14.2 Å². The van der Waals surface area contributed by atoms with E-state index in [4.69, 9.17) is 9.47 Å². The molecule has 0 saturated heterocycles. The molecule has 4 aromatic rings. The molecule has 0 amide bonds. The maximum atomic E-state index is 13.1. The average Bonchev–Trinajstić information content (AvgIpc) is 3.30. The van der Waals surface area contributed by atoms with Gasteiger partial charge in [0.2, 0.25) is 11.9 Å². The third-order valence-corrected chi connectivity index (χ3v) is 5.30. The Kier molecular flexibility index (Phi) is 7.39. The normalized spacial score (nSPS) is 10.5. The van der Waals surface area contributed by atoms with Crippen LogP contribution < -0.4 is 20.1 Å². The summed E-state index contributed by atoms with van der Waals surface area (Å²) in [6.07, 6.45) is 0.208. The zero-order valence-electron chi connectivity index (χ0n) is 19.2. The second kappa shape index (κ2) is 11.0. The maximum Gasteiger partial charge on any atom is 0.254 e. The van der Waals surface area contributed by atoms with Gasteiger partial charge in [0.05, 0.1) is 20.6 Å². The van der Waals surface area contributed by atoms with Gasteiger partial charge in [-0.15, -0.1) is 5.10 Å². The molecule has 2 N–H and O–H groups in total. The number of rotatable bonds is 10. The molecule has 4 rings (SSSR count). The average molecular weight is 458 g/mol. The Morgan fingerprint density at radius 3 is 1.97 bits per heavy atom. The molecule has 0 bridgehead atoms. The lowest BCUT2D eigenvalue weighted by Crippen LogP contribution is -2.18. The van der Waals surface area contributed by atoms with E-state index in [0.717, 1.165) is 28.2 Å².